The van der Waals surface area contributed by atoms with Gasteiger partial charge in [-0.15, -0.1) is 11.3 Å². The molecule has 2 aromatic rings. The summed E-state index contributed by atoms with van der Waals surface area (Å²) < 4.78 is 3.33. The van der Waals surface area contributed by atoms with Crippen molar-refractivity contribution < 1.29 is 0 Å². The molecule has 0 aliphatic carbocycles. The first-order valence-corrected chi connectivity index (χ1v) is 6.80. The summed E-state index contributed by atoms with van der Waals surface area (Å²) >= 11 is 7.01. The summed E-state index contributed by atoms with van der Waals surface area (Å²) in [4.78, 5) is 16.8. The first-order chi connectivity index (χ1) is 7.16. The number of aromatic nitrogens is 2. The lowest BCUT2D eigenvalue weighted by atomic mass is 10.4. The van der Waals surface area contributed by atoms with Gasteiger partial charge >= 0.3 is 0 Å². The average molecular weight is 397 g/mol. The Bertz CT molecular complexity index is 537. The highest BCUT2D eigenvalue weighted by atomic mass is 127. The van der Waals surface area contributed by atoms with Crippen molar-refractivity contribution in [1.29, 1.82) is 0 Å². The Morgan fingerprint density at radius 1 is 1.53 bits per heavy atom. The second kappa shape index (κ2) is 4.75. The van der Waals surface area contributed by atoms with Crippen molar-refractivity contribution in [2.24, 2.45) is 0 Å². The maximum atomic E-state index is 11.7. The summed E-state index contributed by atoms with van der Waals surface area (Å²) in [5, 5.41) is 0. The van der Waals surface area contributed by atoms with E-state index >= 15 is 0 Å². The topological polar surface area (TPSA) is 34.9 Å². The van der Waals surface area contributed by atoms with Gasteiger partial charge in [0.25, 0.3) is 5.56 Å². The summed E-state index contributed by atoms with van der Waals surface area (Å²) in [5.41, 5.74) is 0.00937. The first-order valence-electron chi connectivity index (χ1n) is 4.11. The van der Waals surface area contributed by atoms with Crippen LogP contribution >= 0.6 is 49.9 Å². The summed E-state index contributed by atoms with van der Waals surface area (Å²) in [6.45, 7) is 0.582. The monoisotopic (exact) mass is 396 g/mol. The molecule has 2 rings (SSSR count). The van der Waals surface area contributed by atoms with Gasteiger partial charge in [0.15, 0.2) is 0 Å². The third kappa shape index (κ3) is 2.67. The molecule has 3 nitrogen and oxygen atoms in total. The molecule has 0 aliphatic rings. The van der Waals surface area contributed by atoms with Crippen LogP contribution in [0.2, 0.25) is 0 Å². The molecule has 0 atom stereocenters. The van der Waals surface area contributed by atoms with E-state index in [1.807, 2.05) is 34.7 Å². The van der Waals surface area contributed by atoms with Crippen molar-refractivity contribution in [1.82, 2.24) is 9.55 Å². The lowest BCUT2D eigenvalue weighted by molar-refractivity contribution is 0.739. The standard InChI is InChI=1S/C9H6BrIN2OS/c10-8-2-1-6(15-8)4-13-5-12-3-7(11)9(13)14/h1-3,5H,4H2. The highest BCUT2D eigenvalue weighted by Gasteiger charge is 2.03. The summed E-state index contributed by atoms with van der Waals surface area (Å²) in [5.74, 6) is 0. The Labute approximate surface area is 112 Å². The van der Waals surface area contributed by atoms with Crippen molar-refractivity contribution in [2.45, 2.75) is 6.54 Å². The molecule has 6 heteroatoms. The molecule has 15 heavy (non-hydrogen) atoms. The zero-order valence-corrected chi connectivity index (χ0v) is 12.0. The predicted molar refractivity (Wildman–Crippen MR) is 72.3 cm³/mol. The Morgan fingerprint density at radius 2 is 2.33 bits per heavy atom. The molecule has 0 aliphatic heterocycles. The number of rotatable bonds is 2. The van der Waals surface area contributed by atoms with E-state index in [0.29, 0.717) is 10.1 Å². The lowest BCUT2D eigenvalue weighted by Crippen LogP contribution is -2.22. The molecule has 2 heterocycles. The minimum Gasteiger partial charge on any atom is -0.293 e. The molecule has 0 aromatic carbocycles. The highest BCUT2D eigenvalue weighted by Crippen LogP contribution is 2.22. The minimum atomic E-state index is 0.00937. The fraction of sp³-hybridized carbons (Fsp3) is 0.111. The van der Waals surface area contributed by atoms with Crippen LogP contribution in [-0.4, -0.2) is 9.55 Å². The largest absolute Gasteiger partial charge is 0.293 e. The van der Waals surface area contributed by atoms with E-state index in [9.17, 15) is 4.79 Å². The van der Waals surface area contributed by atoms with Crippen molar-refractivity contribution in [3.63, 3.8) is 0 Å². The predicted octanol–water partition coefficient (Wildman–Crippen LogP) is 2.72. The van der Waals surface area contributed by atoms with Crippen LogP contribution in [0.4, 0.5) is 0 Å². The zero-order chi connectivity index (χ0) is 10.8. The van der Waals surface area contributed by atoms with Gasteiger partial charge in [-0.3, -0.25) is 9.36 Å². The Balaban J connectivity index is 2.32. The summed E-state index contributed by atoms with van der Waals surface area (Å²) in [6, 6.07) is 3.98. The van der Waals surface area contributed by atoms with E-state index in [4.69, 9.17) is 0 Å². The van der Waals surface area contributed by atoms with E-state index < -0.39 is 0 Å². The van der Waals surface area contributed by atoms with Gasteiger partial charge in [0.05, 0.1) is 20.2 Å². The zero-order valence-electron chi connectivity index (χ0n) is 7.48. The van der Waals surface area contributed by atoms with Gasteiger partial charge in [-0.1, -0.05) is 0 Å². The van der Waals surface area contributed by atoms with Crippen molar-refractivity contribution in [3.8, 4) is 0 Å². The van der Waals surface area contributed by atoms with Crippen LogP contribution in [0.1, 0.15) is 4.88 Å². The molecule has 0 radical (unpaired) electrons. The molecule has 2 aromatic heterocycles. The molecule has 78 valence electrons. The SMILES string of the molecule is O=c1c(I)cncn1Cc1ccc(Br)s1. The second-order valence-corrected chi connectivity index (χ2v) is 6.59. The van der Waals surface area contributed by atoms with E-state index in [2.05, 4.69) is 20.9 Å². The van der Waals surface area contributed by atoms with Crippen LogP contribution < -0.4 is 5.56 Å². The van der Waals surface area contributed by atoms with Gasteiger partial charge < -0.3 is 0 Å². The van der Waals surface area contributed by atoms with E-state index in [-0.39, 0.29) is 5.56 Å². The second-order valence-electron chi connectivity index (χ2n) is 2.88. The molecule has 0 N–H and O–H groups in total. The molecule has 0 saturated carbocycles. The third-order valence-electron chi connectivity index (χ3n) is 1.81. The van der Waals surface area contributed by atoms with Gasteiger partial charge in [-0.05, 0) is 50.7 Å². The Kier molecular flexibility index (Phi) is 3.57. The van der Waals surface area contributed by atoms with Crippen molar-refractivity contribution in [3.05, 3.63) is 47.2 Å². The lowest BCUT2D eigenvalue weighted by Gasteiger charge is -2.02. The maximum Gasteiger partial charge on any atom is 0.267 e. The van der Waals surface area contributed by atoms with Crippen LogP contribution in [0.15, 0.2) is 33.2 Å². The summed E-state index contributed by atoms with van der Waals surface area (Å²) in [6.07, 6.45) is 3.14. The fourth-order valence-electron chi connectivity index (χ4n) is 1.14. The number of hydrogen-bond donors (Lipinski definition) is 0. The van der Waals surface area contributed by atoms with Gasteiger partial charge in [0, 0.05) is 11.1 Å². The number of nitrogens with zero attached hydrogens (tertiary/aromatic N) is 2. The molecule has 0 fully saturated rings. The first kappa shape index (κ1) is 11.3. The average Bonchev–Trinajstić information content (AvgIpc) is 2.59. The van der Waals surface area contributed by atoms with Crippen LogP contribution in [0, 0.1) is 3.57 Å². The Hall–Kier alpha value is -0.210. The molecule has 0 unspecified atom stereocenters. The molecular formula is C9H6BrIN2OS. The van der Waals surface area contributed by atoms with Crippen LogP contribution in [0.5, 0.6) is 0 Å². The van der Waals surface area contributed by atoms with E-state index in [1.54, 1.807) is 28.4 Å². The minimum absolute atomic E-state index is 0.00937. The van der Waals surface area contributed by atoms with Crippen LogP contribution in [0.25, 0.3) is 0 Å². The van der Waals surface area contributed by atoms with Crippen molar-refractivity contribution in [2.75, 3.05) is 0 Å². The number of hydrogen-bond acceptors (Lipinski definition) is 3. The molecule has 0 spiro atoms. The number of halogens is 2. The third-order valence-corrected chi connectivity index (χ3v) is 4.16. The smallest absolute Gasteiger partial charge is 0.267 e. The van der Waals surface area contributed by atoms with Crippen LogP contribution in [-0.2, 0) is 6.54 Å². The molecule has 0 bridgehead atoms. The summed E-state index contributed by atoms with van der Waals surface area (Å²) in [7, 11) is 0. The molecule has 0 amide bonds. The number of thiophene rings is 1. The molecule has 0 saturated heterocycles. The van der Waals surface area contributed by atoms with Crippen molar-refractivity contribution >= 4 is 49.9 Å². The quantitative estimate of drug-likeness (QED) is 0.731. The fourth-order valence-corrected chi connectivity index (χ4v) is 3.09. The van der Waals surface area contributed by atoms with Gasteiger partial charge in [0.1, 0.15) is 0 Å². The maximum absolute atomic E-state index is 11.7. The van der Waals surface area contributed by atoms with E-state index in [0.717, 1.165) is 8.66 Å². The van der Waals surface area contributed by atoms with E-state index in [1.165, 1.54) is 0 Å². The normalized spacial score (nSPS) is 10.5. The van der Waals surface area contributed by atoms with Gasteiger partial charge in [-0.25, -0.2) is 4.98 Å². The highest BCUT2D eigenvalue weighted by molar-refractivity contribution is 14.1. The van der Waals surface area contributed by atoms with Gasteiger partial charge in [-0.2, -0.15) is 0 Å². The van der Waals surface area contributed by atoms with Gasteiger partial charge in [0.2, 0.25) is 0 Å². The Morgan fingerprint density at radius 3 is 3.00 bits per heavy atom. The van der Waals surface area contributed by atoms with Crippen LogP contribution in [0.3, 0.4) is 0 Å². The molecular weight excluding hydrogens is 391 g/mol.